The number of nitrogens with zero attached hydrogens (tertiary/aromatic N) is 2. The molecule has 0 aliphatic heterocycles. The first-order valence-corrected chi connectivity index (χ1v) is 5.81. The Labute approximate surface area is 106 Å². The van der Waals surface area contributed by atoms with Crippen LogP contribution >= 0.6 is 0 Å². The lowest BCUT2D eigenvalue weighted by molar-refractivity contribution is 0.227. The molecule has 0 saturated heterocycles. The van der Waals surface area contributed by atoms with Crippen LogP contribution in [0.4, 0.5) is 0 Å². The van der Waals surface area contributed by atoms with Crippen molar-refractivity contribution >= 4 is 0 Å². The van der Waals surface area contributed by atoms with Crippen LogP contribution in [-0.4, -0.2) is 13.7 Å². The molecule has 1 aromatic rings. The molecule has 18 heavy (non-hydrogen) atoms. The van der Waals surface area contributed by atoms with Gasteiger partial charge in [-0.1, -0.05) is 0 Å². The zero-order valence-corrected chi connectivity index (χ0v) is 10.3. The molecule has 0 aromatic heterocycles. The maximum atomic E-state index is 8.81. The number of ether oxygens (including phenoxy) is 2. The van der Waals surface area contributed by atoms with Gasteiger partial charge in [-0.05, 0) is 25.0 Å². The predicted octanol–water partition coefficient (Wildman–Crippen LogP) is 2.64. The van der Waals surface area contributed by atoms with Gasteiger partial charge in [0.1, 0.15) is 0 Å². The van der Waals surface area contributed by atoms with E-state index in [9.17, 15) is 0 Å². The van der Waals surface area contributed by atoms with E-state index in [1.807, 2.05) is 0 Å². The summed E-state index contributed by atoms with van der Waals surface area (Å²) in [4.78, 5) is 0. The first kappa shape index (κ1) is 12.3. The molecule has 4 heteroatoms. The smallest absolute Gasteiger partial charge is 0.162 e. The van der Waals surface area contributed by atoms with Crippen molar-refractivity contribution in [1.82, 2.24) is 0 Å². The Morgan fingerprint density at radius 3 is 2.61 bits per heavy atom. The van der Waals surface area contributed by atoms with E-state index >= 15 is 0 Å². The molecule has 0 radical (unpaired) electrons. The van der Waals surface area contributed by atoms with Crippen LogP contribution in [0.5, 0.6) is 11.5 Å². The van der Waals surface area contributed by atoms with Gasteiger partial charge in [-0.25, -0.2) is 0 Å². The second-order valence-corrected chi connectivity index (χ2v) is 4.60. The average molecular weight is 242 g/mol. The van der Waals surface area contributed by atoms with Gasteiger partial charge in [0.25, 0.3) is 0 Å². The van der Waals surface area contributed by atoms with E-state index in [-0.39, 0.29) is 5.41 Å². The molecule has 92 valence electrons. The predicted molar refractivity (Wildman–Crippen MR) is 65.1 cm³/mol. The number of benzene rings is 1. The molecular formula is C14H14N2O2. The molecule has 0 unspecified atom stereocenters. The van der Waals surface area contributed by atoms with Gasteiger partial charge >= 0.3 is 0 Å². The van der Waals surface area contributed by atoms with Crippen LogP contribution in [0.3, 0.4) is 0 Å². The topological polar surface area (TPSA) is 66.0 Å². The zero-order chi connectivity index (χ0) is 13.0. The molecule has 0 heterocycles. The second kappa shape index (κ2) is 4.98. The van der Waals surface area contributed by atoms with Crippen LogP contribution in [0, 0.1) is 28.1 Å². The van der Waals surface area contributed by atoms with Gasteiger partial charge in [0.15, 0.2) is 11.5 Å². The van der Waals surface area contributed by atoms with Crippen molar-refractivity contribution < 1.29 is 9.47 Å². The maximum absolute atomic E-state index is 8.81. The molecule has 0 N–H and O–H groups in total. The second-order valence-electron chi connectivity index (χ2n) is 4.60. The first-order chi connectivity index (χ1) is 8.73. The van der Waals surface area contributed by atoms with Crippen LogP contribution in [0.15, 0.2) is 18.2 Å². The third-order valence-corrected chi connectivity index (χ3v) is 3.24. The Balaban J connectivity index is 2.06. The van der Waals surface area contributed by atoms with Crippen molar-refractivity contribution in [1.29, 1.82) is 10.5 Å². The Kier molecular flexibility index (Phi) is 3.39. The van der Waals surface area contributed by atoms with Crippen molar-refractivity contribution in [3.8, 4) is 23.6 Å². The molecule has 0 spiro atoms. The molecule has 1 fully saturated rings. The molecule has 1 saturated carbocycles. The molecule has 2 rings (SSSR count). The molecule has 0 atom stereocenters. The highest BCUT2D eigenvalue weighted by Gasteiger charge is 2.43. The summed E-state index contributed by atoms with van der Waals surface area (Å²) in [6.45, 7) is 0.531. The minimum atomic E-state index is 0.0354. The fraction of sp³-hybridized carbons (Fsp3) is 0.429. The van der Waals surface area contributed by atoms with Gasteiger partial charge in [0.05, 0.1) is 31.4 Å². The molecule has 1 aliphatic rings. The van der Waals surface area contributed by atoms with E-state index in [0.29, 0.717) is 30.1 Å². The summed E-state index contributed by atoms with van der Waals surface area (Å²) in [7, 11) is 1.55. The number of methoxy groups -OCH3 is 1. The molecule has 1 aliphatic carbocycles. The van der Waals surface area contributed by atoms with Crippen LogP contribution < -0.4 is 9.47 Å². The van der Waals surface area contributed by atoms with Crippen molar-refractivity contribution in [3.05, 3.63) is 23.8 Å². The van der Waals surface area contributed by atoms with Crippen molar-refractivity contribution in [2.24, 2.45) is 5.41 Å². The normalized spacial score (nSPS) is 15.3. The Bertz CT molecular complexity index is 522. The standard InChI is InChI=1S/C14H14N2O2/c1-17-13-8-11(9-16)2-3-12(13)18-10-14(4-5-14)6-7-15/h2-3,8H,4-6,10H2,1H3. The van der Waals surface area contributed by atoms with Gasteiger partial charge in [-0.15, -0.1) is 0 Å². The summed E-state index contributed by atoms with van der Waals surface area (Å²) in [6, 6.07) is 9.34. The number of hydrogen-bond acceptors (Lipinski definition) is 4. The fourth-order valence-electron chi connectivity index (χ4n) is 1.80. The fourth-order valence-corrected chi connectivity index (χ4v) is 1.80. The third kappa shape index (κ3) is 2.55. The molecule has 0 amide bonds. The summed E-state index contributed by atoms with van der Waals surface area (Å²) in [5.41, 5.74) is 0.575. The largest absolute Gasteiger partial charge is 0.493 e. The molecule has 1 aromatic carbocycles. The van der Waals surface area contributed by atoms with Crippen LogP contribution in [0.1, 0.15) is 24.8 Å². The Hall–Kier alpha value is -2.20. The minimum Gasteiger partial charge on any atom is -0.493 e. The van der Waals surface area contributed by atoms with Crippen LogP contribution in [0.2, 0.25) is 0 Å². The Morgan fingerprint density at radius 1 is 1.28 bits per heavy atom. The quantitative estimate of drug-likeness (QED) is 0.796. The van der Waals surface area contributed by atoms with Gasteiger partial charge in [0.2, 0.25) is 0 Å². The monoisotopic (exact) mass is 242 g/mol. The van der Waals surface area contributed by atoms with Crippen LogP contribution in [-0.2, 0) is 0 Å². The summed E-state index contributed by atoms with van der Waals surface area (Å²) in [6.07, 6.45) is 2.61. The third-order valence-electron chi connectivity index (χ3n) is 3.24. The minimum absolute atomic E-state index is 0.0354. The first-order valence-electron chi connectivity index (χ1n) is 5.81. The highest BCUT2D eigenvalue weighted by atomic mass is 16.5. The summed E-state index contributed by atoms with van der Waals surface area (Å²) >= 11 is 0. The lowest BCUT2D eigenvalue weighted by Gasteiger charge is -2.15. The van der Waals surface area contributed by atoms with Crippen molar-refractivity contribution in [2.75, 3.05) is 13.7 Å². The van der Waals surface area contributed by atoms with E-state index < -0.39 is 0 Å². The van der Waals surface area contributed by atoms with E-state index in [1.165, 1.54) is 0 Å². The van der Waals surface area contributed by atoms with E-state index in [4.69, 9.17) is 20.0 Å². The summed E-state index contributed by atoms with van der Waals surface area (Å²) < 4.78 is 10.9. The van der Waals surface area contributed by atoms with Crippen LogP contribution in [0.25, 0.3) is 0 Å². The van der Waals surface area contributed by atoms with E-state index in [2.05, 4.69) is 12.1 Å². The lowest BCUT2D eigenvalue weighted by atomic mass is 10.1. The van der Waals surface area contributed by atoms with Gasteiger partial charge in [-0.3, -0.25) is 0 Å². The van der Waals surface area contributed by atoms with Crippen molar-refractivity contribution in [3.63, 3.8) is 0 Å². The lowest BCUT2D eigenvalue weighted by Crippen LogP contribution is -2.12. The molecule has 4 nitrogen and oxygen atoms in total. The summed E-state index contributed by atoms with van der Waals surface area (Å²) in [5, 5.41) is 17.5. The van der Waals surface area contributed by atoms with Gasteiger partial charge in [0, 0.05) is 17.9 Å². The highest BCUT2D eigenvalue weighted by molar-refractivity contribution is 5.46. The molecule has 0 bridgehead atoms. The average Bonchev–Trinajstić information content (AvgIpc) is 3.17. The highest BCUT2D eigenvalue weighted by Crippen LogP contribution is 2.49. The number of nitriles is 2. The van der Waals surface area contributed by atoms with E-state index in [0.717, 1.165) is 12.8 Å². The van der Waals surface area contributed by atoms with Gasteiger partial charge in [-0.2, -0.15) is 10.5 Å². The van der Waals surface area contributed by atoms with Gasteiger partial charge < -0.3 is 9.47 Å². The zero-order valence-electron chi connectivity index (χ0n) is 10.3. The SMILES string of the molecule is COc1cc(C#N)ccc1OCC1(CC#N)CC1. The number of rotatable bonds is 5. The Morgan fingerprint density at radius 2 is 2.06 bits per heavy atom. The summed E-state index contributed by atoms with van der Waals surface area (Å²) in [5.74, 6) is 1.18. The number of hydrogen-bond donors (Lipinski definition) is 0. The molecular weight excluding hydrogens is 228 g/mol. The maximum Gasteiger partial charge on any atom is 0.162 e. The van der Waals surface area contributed by atoms with Crippen molar-refractivity contribution in [2.45, 2.75) is 19.3 Å². The van der Waals surface area contributed by atoms with E-state index in [1.54, 1.807) is 25.3 Å².